The Labute approximate surface area is 160 Å². The summed E-state index contributed by atoms with van der Waals surface area (Å²) in [5.74, 6) is -1.34. The van der Waals surface area contributed by atoms with Crippen LogP contribution in [0.4, 0.5) is 10.1 Å². The van der Waals surface area contributed by atoms with Crippen molar-refractivity contribution in [3.8, 4) is 0 Å². The van der Waals surface area contributed by atoms with Crippen molar-refractivity contribution in [1.82, 2.24) is 9.88 Å². The van der Waals surface area contributed by atoms with Crippen LogP contribution < -0.4 is 11.1 Å². The molecule has 1 aromatic carbocycles. The summed E-state index contributed by atoms with van der Waals surface area (Å²) in [6, 6.07) is 7.11. The number of amides is 2. The summed E-state index contributed by atoms with van der Waals surface area (Å²) >= 11 is 5.75. The highest BCUT2D eigenvalue weighted by atomic mass is 35.5. The molecule has 7 nitrogen and oxygen atoms in total. The summed E-state index contributed by atoms with van der Waals surface area (Å²) in [5.41, 5.74) is 5.44. The Hall–Kier alpha value is -3.00. The molecule has 3 N–H and O–H groups in total. The van der Waals surface area contributed by atoms with Crippen LogP contribution in [0.15, 0.2) is 41.5 Å². The van der Waals surface area contributed by atoms with Crippen LogP contribution in [0.25, 0.3) is 0 Å². The van der Waals surface area contributed by atoms with Gasteiger partial charge in [0.05, 0.1) is 22.7 Å². The van der Waals surface area contributed by atoms with Crippen LogP contribution in [-0.2, 0) is 10.3 Å². The standard InChI is InChI=1S/C18H17ClFN5O2/c1-18(8-15(26)25(2)17(21)24-18)10-3-5-12(20)14(7-10)23-16(27)13-6-4-11(19)9-22-13/h3-7,9H,8H2,1-2H3,(H2,21,24)(H,23,27)/t18-/m0/s1. The molecule has 1 aliphatic rings. The van der Waals surface area contributed by atoms with Gasteiger partial charge in [0.2, 0.25) is 5.91 Å². The van der Waals surface area contributed by atoms with Crippen molar-refractivity contribution in [2.45, 2.75) is 18.9 Å². The number of hydrogen-bond acceptors (Lipinski definition) is 5. The summed E-state index contributed by atoms with van der Waals surface area (Å²) in [6.07, 6.45) is 1.40. The summed E-state index contributed by atoms with van der Waals surface area (Å²) in [5, 5.41) is 2.86. The molecular formula is C18H17ClFN5O2. The second-order valence-electron chi connectivity index (χ2n) is 6.38. The number of hydrogen-bond donors (Lipinski definition) is 2. The molecule has 0 spiro atoms. The molecule has 140 valence electrons. The van der Waals surface area contributed by atoms with E-state index in [1.807, 2.05) is 0 Å². The van der Waals surface area contributed by atoms with Gasteiger partial charge in [-0.2, -0.15) is 0 Å². The van der Waals surface area contributed by atoms with Gasteiger partial charge in [0, 0.05) is 13.2 Å². The number of nitrogens with one attached hydrogen (secondary N) is 1. The minimum atomic E-state index is -0.959. The molecule has 0 saturated heterocycles. The fourth-order valence-corrected chi connectivity index (χ4v) is 2.84. The molecule has 1 atom stereocenters. The summed E-state index contributed by atoms with van der Waals surface area (Å²) in [7, 11) is 1.54. The highest BCUT2D eigenvalue weighted by Crippen LogP contribution is 2.34. The number of rotatable bonds is 3. The van der Waals surface area contributed by atoms with Gasteiger partial charge in [-0.15, -0.1) is 0 Å². The van der Waals surface area contributed by atoms with Gasteiger partial charge in [0.25, 0.3) is 5.91 Å². The predicted octanol–water partition coefficient (Wildman–Crippen LogP) is 2.52. The van der Waals surface area contributed by atoms with Gasteiger partial charge in [-0.05, 0) is 36.8 Å². The first-order valence-electron chi connectivity index (χ1n) is 8.04. The molecule has 0 fully saturated rings. The highest BCUT2D eigenvalue weighted by Gasteiger charge is 2.36. The number of aliphatic imine (C=N–C) groups is 1. The van der Waals surface area contributed by atoms with Crippen molar-refractivity contribution < 1.29 is 14.0 Å². The zero-order valence-electron chi connectivity index (χ0n) is 14.7. The molecule has 2 amide bonds. The maximum Gasteiger partial charge on any atom is 0.274 e. The van der Waals surface area contributed by atoms with Crippen LogP contribution in [-0.4, -0.2) is 34.7 Å². The molecule has 0 aliphatic carbocycles. The molecule has 1 aliphatic heterocycles. The number of carbonyl (C=O) groups is 2. The Morgan fingerprint density at radius 3 is 2.74 bits per heavy atom. The second-order valence-corrected chi connectivity index (χ2v) is 6.82. The minimum absolute atomic E-state index is 0.0457. The van der Waals surface area contributed by atoms with Gasteiger partial charge in [-0.1, -0.05) is 17.7 Å². The number of nitrogens with two attached hydrogens (primary N) is 1. The van der Waals surface area contributed by atoms with Crippen molar-refractivity contribution in [1.29, 1.82) is 0 Å². The van der Waals surface area contributed by atoms with Crippen molar-refractivity contribution in [2.24, 2.45) is 10.7 Å². The van der Waals surface area contributed by atoms with Gasteiger partial charge < -0.3 is 11.1 Å². The lowest BCUT2D eigenvalue weighted by atomic mass is 9.87. The van der Waals surface area contributed by atoms with E-state index in [0.29, 0.717) is 10.6 Å². The Balaban J connectivity index is 1.92. The van der Waals surface area contributed by atoms with Crippen molar-refractivity contribution in [3.63, 3.8) is 0 Å². The molecule has 0 saturated carbocycles. The SMILES string of the molecule is CN1C(=O)C[C@@](C)(c2ccc(F)c(NC(=O)c3ccc(Cl)cn3)c2)N=C1N. The normalized spacial score (nSPS) is 19.6. The molecule has 3 rings (SSSR count). The van der Waals surface area contributed by atoms with E-state index in [-0.39, 0.29) is 29.7 Å². The minimum Gasteiger partial charge on any atom is -0.369 e. The smallest absolute Gasteiger partial charge is 0.274 e. The van der Waals surface area contributed by atoms with Crippen LogP contribution in [0, 0.1) is 5.82 Å². The summed E-state index contributed by atoms with van der Waals surface area (Å²) in [6.45, 7) is 1.73. The average molecular weight is 390 g/mol. The lowest BCUT2D eigenvalue weighted by Crippen LogP contribution is -2.47. The Morgan fingerprint density at radius 2 is 2.11 bits per heavy atom. The number of anilines is 1. The number of nitrogens with zero attached hydrogens (tertiary/aromatic N) is 3. The van der Waals surface area contributed by atoms with E-state index < -0.39 is 17.3 Å². The van der Waals surface area contributed by atoms with Gasteiger partial charge in [0.15, 0.2) is 5.96 Å². The fraction of sp³-hybridized carbons (Fsp3) is 0.222. The Bertz CT molecular complexity index is 947. The largest absolute Gasteiger partial charge is 0.369 e. The monoisotopic (exact) mass is 389 g/mol. The van der Waals surface area contributed by atoms with E-state index in [4.69, 9.17) is 17.3 Å². The zero-order valence-corrected chi connectivity index (χ0v) is 15.4. The first-order valence-corrected chi connectivity index (χ1v) is 8.42. The van der Waals surface area contributed by atoms with E-state index >= 15 is 0 Å². The second kappa shape index (κ2) is 6.96. The molecule has 2 heterocycles. The van der Waals surface area contributed by atoms with Gasteiger partial charge in [0.1, 0.15) is 11.5 Å². The van der Waals surface area contributed by atoms with E-state index in [1.54, 1.807) is 6.92 Å². The van der Waals surface area contributed by atoms with Gasteiger partial charge in [-0.25, -0.2) is 14.4 Å². The lowest BCUT2D eigenvalue weighted by Gasteiger charge is -2.33. The van der Waals surface area contributed by atoms with Crippen molar-refractivity contribution in [2.75, 3.05) is 12.4 Å². The Kier molecular flexibility index (Phi) is 4.84. The average Bonchev–Trinajstić information content (AvgIpc) is 2.62. The molecule has 2 aromatic rings. The molecule has 0 bridgehead atoms. The molecular weight excluding hydrogens is 373 g/mol. The third-order valence-corrected chi connectivity index (χ3v) is 4.59. The summed E-state index contributed by atoms with van der Waals surface area (Å²) < 4.78 is 14.2. The number of aromatic nitrogens is 1. The first kappa shape index (κ1) is 18.8. The predicted molar refractivity (Wildman–Crippen MR) is 100.0 cm³/mol. The quantitative estimate of drug-likeness (QED) is 0.842. The van der Waals surface area contributed by atoms with Crippen LogP contribution in [0.3, 0.4) is 0 Å². The number of pyridine rings is 1. The highest BCUT2D eigenvalue weighted by molar-refractivity contribution is 6.30. The van der Waals surface area contributed by atoms with Crippen LogP contribution in [0.2, 0.25) is 5.02 Å². The number of guanidine groups is 1. The van der Waals surface area contributed by atoms with Crippen molar-refractivity contribution in [3.05, 3.63) is 58.6 Å². The maximum absolute atomic E-state index is 14.2. The molecule has 0 unspecified atom stereocenters. The van der Waals surface area contributed by atoms with Gasteiger partial charge in [-0.3, -0.25) is 14.5 Å². The number of halogens is 2. The maximum atomic E-state index is 14.2. The molecule has 9 heteroatoms. The van der Waals surface area contributed by atoms with Crippen LogP contribution >= 0.6 is 11.6 Å². The van der Waals surface area contributed by atoms with Gasteiger partial charge >= 0.3 is 0 Å². The first-order chi connectivity index (χ1) is 12.7. The Morgan fingerprint density at radius 1 is 1.37 bits per heavy atom. The molecule has 0 radical (unpaired) electrons. The van der Waals surface area contributed by atoms with E-state index in [9.17, 15) is 14.0 Å². The molecule has 1 aromatic heterocycles. The van der Waals surface area contributed by atoms with Crippen molar-refractivity contribution >= 4 is 35.1 Å². The van der Waals surface area contributed by atoms with Crippen LogP contribution in [0.1, 0.15) is 29.4 Å². The third kappa shape index (κ3) is 3.75. The summed E-state index contributed by atoms with van der Waals surface area (Å²) in [4.78, 5) is 34.0. The third-order valence-electron chi connectivity index (χ3n) is 4.37. The topological polar surface area (TPSA) is 101 Å². The number of benzene rings is 1. The van der Waals surface area contributed by atoms with Crippen LogP contribution in [0.5, 0.6) is 0 Å². The molecule has 27 heavy (non-hydrogen) atoms. The lowest BCUT2D eigenvalue weighted by molar-refractivity contribution is -0.128. The van der Waals surface area contributed by atoms with E-state index in [2.05, 4.69) is 15.3 Å². The number of carbonyl (C=O) groups excluding carboxylic acids is 2. The zero-order chi connectivity index (χ0) is 19.8. The van der Waals surface area contributed by atoms with E-state index in [0.717, 1.165) is 0 Å². The van der Waals surface area contributed by atoms with E-state index in [1.165, 1.54) is 48.5 Å². The fourth-order valence-electron chi connectivity index (χ4n) is 2.73.